The van der Waals surface area contributed by atoms with E-state index in [9.17, 15) is 19.5 Å². The highest BCUT2D eigenvalue weighted by molar-refractivity contribution is 7.17. The fourth-order valence-electron chi connectivity index (χ4n) is 4.06. The number of carbonyl (C=O) groups is 3. The number of urea groups is 1. The fourth-order valence-corrected chi connectivity index (χ4v) is 5.46. The molecule has 1 atom stereocenters. The van der Waals surface area contributed by atoms with Crippen molar-refractivity contribution in [1.82, 2.24) is 4.90 Å². The molecule has 1 fully saturated rings. The molecule has 7 nitrogen and oxygen atoms in total. The van der Waals surface area contributed by atoms with Crippen molar-refractivity contribution in [3.63, 3.8) is 0 Å². The van der Waals surface area contributed by atoms with Gasteiger partial charge in [-0.3, -0.25) is 10.1 Å². The predicted octanol–water partition coefficient (Wildman–Crippen LogP) is 4.61. The first kappa shape index (κ1) is 20.7. The molecular formula is C21H22ClN3O4S. The molecule has 4 rings (SSSR count). The number of piperidine rings is 1. The van der Waals surface area contributed by atoms with E-state index in [1.165, 1.54) is 16.2 Å². The van der Waals surface area contributed by atoms with Crippen molar-refractivity contribution in [2.24, 2.45) is 0 Å². The zero-order chi connectivity index (χ0) is 21.3. The second-order valence-electron chi connectivity index (χ2n) is 7.50. The second kappa shape index (κ2) is 8.65. The molecule has 0 saturated carbocycles. The molecular weight excluding hydrogens is 426 g/mol. The molecule has 1 unspecified atom stereocenters. The van der Waals surface area contributed by atoms with E-state index in [1.807, 2.05) is 0 Å². The van der Waals surface area contributed by atoms with Crippen LogP contribution in [-0.2, 0) is 17.6 Å². The third-order valence-corrected chi connectivity index (χ3v) is 6.98. The van der Waals surface area contributed by atoms with Crippen molar-refractivity contribution in [1.29, 1.82) is 0 Å². The summed E-state index contributed by atoms with van der Waals surface area (Å²) >= 11 is 7.31. The average Bonchev–Trinajstić information content (AvgIpc) is 3.30. The third-order valence-electron chi connectivity index (χ3n) is 5.52. The highest BCUT2D eigenvalue weighted by atomic mass is 35.5. The molecule has 1 aromatic heterocycles. The summed E-state index contributed by atoms with van der Waals surface area (Å²) in [4.78, 5) is 40.0. The minimum Gasteiger partial charge on any atom is -0.480 e. The molecule has 9 heteroatoms. The van der Waals surface area contributed by atoms with Crippen molar-refractivity contribution in [2.45, 2.75) is 44.6 Å². The van der Waals surface area contributed by atoms with Gasteiger partial charge in [-0.05, 0) is 68.4 Å². The van der Waals surface area contributed by atoms with E-state index >= 15 is 0 Å². The third kappa shape index (κ3) is 4.15. The highest BCUT2D eigenvalue weighted by Crippen LogP contribution is 2.40. The maximum absolute atomic E-state index is 13.1. The molecule has 1 saturated heterocycles. The molecule has 1 aliphatic carbocycles. The number of aryl methyl sites for hydroxylation is 1. The maximum atomic E-state index is 13.1. The second-order valence-corrected chi connectivity index (χ2v) is 9.04. The number of hydrogen-bond donors (Lipinski definition) is 3. The van der Waals surface area contributed by atoms with Gasteiger partial charge < -0.3 is 15.3 Å². The lowest BCUT2D eigenvalue weighted by atomic mass is 10.0. The molecule has 1 aromatic carbocycles. The van der Waals surface area contributed by atoms with E-state index in [2.05, 4.69) is 10.6 Å². The number of carbonyl (C=O) groups excluding carboxylic acids is 2. The summed E-state index contributed by atoms with van der Waals surface area (Å²) in [6.45, 7) is 0.389. The zero-order valence-corrected chi connectivity index (χ0v) is 17.8. The standard InChI is InChI=1S/C21H22ClN3O4S/c22-12-7-9-13(10-8-12)23-18(26)17-14-4-3-6-16(14)30-19(17)24-21(29)25-11-2-1-5-15(25)20(27)28/h7-10,15H,1-6,11H2,(H,23,26)(H,24,29)(H,27,28). The molecule has 158 valence electrons. The number of nitrogens with zero attached hydrogens (tertiary/aromatic N) is 1. The molecule has 3 N–H and O–H groups in total. The lowest BCUT2D eigenvalue weighted by Gasteiger charge is -2.32. The molecule has 0 bridgehead atoms. The van der Waals surface area contributed by atoms with Gasteiger partial charge in [-0.25, -0.2) is 9.59 Å². The Balaban J connectivity index is 1.58. The Bertz CT molecular complexity index is 989. The van der Waals surface area contributed by atoms with Crippen LogP contribution in [0.2, 0.25) is 5.02 Å². The fraction of sp³-hybridized carbons (Fsp3) is 0.381. The van der Waals surface area contributed by atoms with E-state index < -0.39 is 18.0 Å². The summed E-state index contributed by atoms with van der Waals surface area (Å²) in [5.74, 6) is -1.29. The lowest BCUT2D eigenvalue weighted by molar-refractivity contribution is -0.143. The SMILES string of the molecule is O=C(Nc1ccc(Cl)cc1)c1c(NC(=O)N2CCCCC2C(=O)O)sc2c1CCC2. The largest absolute Gasteiger partial charge is 0.480 e. The molecule has 0 radical (unpaired) electrons. The monoisotopic (exact) mass is 447 g/mol. The predicted molar refractivity (Wildman–Crippen MR) is 117 cm³/mol. The number of carboxylic acid groups (broad SMARTS) is 1. The number of likely N-dealkylation sites (tertiary alicyclic amines) is 1. The van der Waals surface area contributed by atoms with Gasteiger partial charge in [0.25, 0.3) is 5.91 Å². The first-order valence-corrected chi connectivity index (χ1v) is 11.2. The van der Waals surface area contributed by atoms with Crippen LogP contribution in [0, 0.1) is 0 Å². The Morgan fingerprint density at radius 3 is 2.57 bits per heavy atom. The van der Waals surface area contributed by atoms with E-state index in [0.29, 0.717) is 34.2 Å². The molecule has 2 aliphatic rings. The summed E-state index contributed by atoms with van der Waals surface area (Å²) in [5.41, 5.74) is 2.05. The number of amides is 3. The van der Waals surface area contributed by atoms with Crippen LogP contribution in [0.1, 0.15) is 46.5 Å². The first-order valence-electron chi connectivity index (χ1n) is 9.96. The molecule has 2 aromatic rings. The summed E-state index contributed by atoms with van der Waals surface area (Å²) < 4.78 is 0. The normalized spacial score (nSPS) is 18.0. The Morgan fingerprint density at radius 2 is 1.83 bits per heavy atom. The molecule has 1 aliphatic heterocycles. The maximum Gasteiger partial charge on any atom is 0.326 e. The minimum atomic E-state index is -1.00. The first-order chi connectivity index (χ1) is 14.4. The van der Waals surface area contributed by atoms with Crippen molar-refractivity contribution in [2.75, 3.05) is 17.2 Å². The van der Waals surface area contributed by atoms with Gasteiger partial charge in [-0.15, -0.1) is 11.3 Å². The van der Waals surface area contributed by atoms with Gasteiger partial charge in [-0.2, -0.15) is 0 Å². The van der Waals surface area contributed by atoms with E-state index in [0.717, 1.165) is 42.5 Å². The van der Waals surface area contributed by atoms with Gasteiger partial charge in [-0.1, -0.05) is 11.6 Å². The molecule has 2 heterocycles. The van der Waals surface area contributed by atoms with Gasteiger partial charge in [0.2, 0.25) is 0 Å². The number of thiophene rings is 1. The summed E-state index contributed by atoms with van der Waals surface area (Å²) in [5, 5.41) is 16.2. The summed E-state index contributed by atoms with van der Waals surface area (Å²) in [7, 11) is 0. The van der Waals surface area contributed by atoms with Crippen molar-refractivity contribution in [3.05, 3.63) is 45.3 Å². The molecule has 3 amide bonds. The van der Waals surface area contributed by atoms with E-state index in [1.54, 1.807) is 24.3 Å². The highest BCUT2D eigenvalue weighted by Gasteiger charge is 2.34. The Hall–Kier alpha value is -2.58. The van der Waals surface area contributed by atoms with Gasteiger partial charge in [0, 0.05) is 22.1 Å². The average molecular weight is 448 g/mol. The number of nitrogens with one attached hydrogen (secondary N) is 2. The summed E-state index contributed by atoms with van der Waals surface area (Å²) in [6, 6.07) is 5.52. The van der Waals surface area contributed by atoms with Crippen LogP contribution < -0.4 is 10.6 Å². The van der Waals surface area contributed by atoms with Gasteiger partial charge in [0.05, 0.1) is 5.56 Å². The number of aliphatic carboxylic acids is 1. The zero-order valence-electron chi connectivity index (χ0n) is 16.2. The minimum absolute atomic E-state index is 0.291. The molecule has 30 heavy (non-hydrogen) atoms. The number of rotatable bonds is 4. The van der Waals surface area contributed by atoms with Crippen molar-refractivity contribution in [3.8, 4) is 0 Å². The van der Waals surface area contributed by atoms with Gasteiger partial charge >= 0.3 is 12.0 Å². The topological polar surface area (TPSA) is 98.7 Å². The number of benzene rings is 1. The Morgan fingerprint density at radius 1 is 1.07 bits per heavy atom. The lowest BCUT2D eigenvalue weighted by Crippen LogP contribution is -2.49. The molecule has 0 spiro atoms. The Labute approximate surface area is 183 Å². The van der Waals surface area contributed by atoms with Crippen molar-refractivity contribution < 1.29 is 19.5 Å². The van der Waals surface area contributed by atoms with Crippen LogP contribution in [0.25, 0.3) is 0 Å². The van der Waals surface area contributed by atoms with Gasteiger partial charge in [0.1, 0.15) is 11.0 Å². The van der Waals surface area contributed by atoms with Crippen LogP contribution in [0.4, 0.5) is 15.5 Å². The summed E-state index contributed by atoms with van der Waals surface area (Å²) in [6.07, 6.45) is 4.62. The van der Waals surface area contributed by atoms with E-state index in [4.69, 9.17) is 11.6 Å². The van der Waals surface area contributed by atoms with Crippen LogP contribution in [0.3, 0.4) is 0 Å². The van der Waals surface area contributed by atoms with E-state index in [-0.39, 0.29) is 5.91 Å². The number of hydrogen-bond acceptors (Lipinski definition) is 4. The van der Waals surface area contributed by atoms with Crippen LogP contribution >= 0.6 is 22.9 Å². The number of carboxylic acids is 1. The number of anilines is 2. The smallest absolute Gasteiger partial charge is 0.326 e. The van der Waals surface area contributed by atoms with Crippen molar-refractivity contribution >= 4 is 51.5 Å². The Kier molecular flexibility index (Phi) is 5.97. The quantitative estimate of drug-likeness (QED) is 0.637. The van der Waals surface area contributed by atoms with Crippen LogP contribution in [0.15, 0.2) is 24.3 Å². The number of halogens is 1. The van der Waals surface area contributed by atoms with Crippen LogP contribution in [-0.4, -0.2) is 40.5 Å². The van der Waals surface area contributed by atoms with Gasteiger partial charge in [0.15, 0.2) is 0 Å². The van der Waals surface area contributed by atoms with Crippen LogP contribution in [0.5, 0.6) is 0 Å². The number of fused-ring (bicyclic) bond motifs is 1.